The number of alkyl halides is 3. The minimum absolute atomic E-state index is 0.0619. The van der Waals surface area contributed by atoms with Gasteiger partial charge in [-0.05, 0) is 6.92 Å². The summed E-state index contributed by atoms with van der Waals surface area (Å²) in [6, 6.07) is 0. The first-order valence-corrected chi connectivity index (χ1v) is 9.35. The van der Waals surface area contributed by atoms with Gasteiger partial charge in [-0.25, -0.2) is 4.39 Å². The molecule has 1 aromatic heterocycles. The van der Waals surface area contributed by atoms with E-state index < -0.39 is 45.6 Å². The van der Waals surface area contributed by atoms with Crippen LogP contribution in [0.2, 0.25) is 0 Å². The average Bonchev–Trinajstić information content (AvgIpc) is 2.82. The lowest BCUT2D eigenvalue weighted by molar-refractivity contribution is -0.142. The average molecular weight is 415 g/mol. The van der Waals surface area contributed by atoms with Crippen LogP contribution < -0.4 is 5.56 Å². The van der Waals surface area contributed by atoms with Gasteiger partial charge in [-0.3, -0.25) is 9.59 Å². The summed E-state index contributed by atoms with van der Waals surface area (Å²) in [7, 11) is -1.61. The van der Waals surface area contributed by atoms with Gasteiger partial charge in [-0.15, -0.1) is 0 Å². The Bertz CT molecular complexity index is 848. The molecule has 0 saturated carbocycles. The molecule has 144 valence electrons. The summed E-state index contributed by atoms with van der Waals surface area (Å²) in [6.45, 7) is 2.54. The number of carbonyl (C=O) groups excluding carboxylic acids is 1. The monoisotopic (exact) mass is 414 g/mol. The second kappa shape index (κ2) is 7.83. The van der Waals surface area contributed by atoms with E-state index in [1.807, 2.05) is 0 Å². The maximum absolute atomic E-state index is 14.3. The third-order valence-electron chi connectivity index (χ3n) is 3.57. The molecule has 26 heavy (non-hydrogen) atoms. The minimum atomic E-state index is -4.74. The molecule has 0 saturated heterocycles. The molecule has 0 bridgehead atoms. The summed E-state index contributed by atoms with van der Waals surface area (Å²) < 4.78 is 58.5. The predicted octanol–water partition coefficient (Wildman–Crippen LogP) is 3.71. The van der Waals surface area contributed by atoms with Crippen molar-refractivity contribution in [3.63, 3.8) is 0 Å². The maximum atomic E-state index is 14.3. The number of hydrogen-bond donors (Lipinski definition) is 1. The van der Waals surface area contributed by atoms with Crippen molar-refractivity contribution in [2.45, 2.75) is 26.4 Å². The van der Waals surface area contributed by atoms with E-state index in [4.69, 9.17) is 16.3 Å². The van der Waals surface area contributed by atoms with Crippen LogP contribution in [0, 0.1) is 6.92 Å². The van der Waals surface area contributed by atoms with Gasteiger partial charge < -0.3 is 4.74 Å². The van der Waals surface area contributed by atoms with Crippen LogP contribution in [-0.4, -0.2) is 28.1 Å². The largest absolute Gasteiger partial charge is 0.465 e. The van der Waals surface area contributed by atoms with Gasteiger partial charge in [0.05, 0.1) is 22.7 Å². The van der Waals surface area contributed by atoms with Crippen molar-refractivity contribution in [2.24, 2.45) is 0 Å². The van der Waals surface area contributed by atoms with Crippen LogP contribution in [0.3, 0.4) is 0 Å². The first kappa shape index (κ1) is 20.5. The molecule has 1 aliphatic heterocycles. The van der Waals surface area contributed by atoms with Crippen molar-refractivity contribution in [1.82, 2.24) is 9.78 Å². The van der Waals surface area contributed by atoms with Crippen LogP contribution in [0.1, 0.15) is 24.5 Å². The van der Waals surface area contributed by atoms with Crippen LogP contribution in [0.4, 0.5) is 17.6 Å². The zero-order valence-corrected chi connectivity index (χ0v) is 15.4. The number of nitrogens with zero attached hydrogens (tertiary/aromatic N) is 2. The molecule has 5 nitrogen and oxygen atoms in total. The topological polar surface area (TPSA) is 61.2 Å². The van der Waals surface area contributed by atoms with E-state index in [0.717, 1.165) is 13.0 Å². The second-order valence-electron chi connectivity index (χ2n) is 5.26. The highest BCUT2D eigenvalue weighted by Crippen LogP contribution is 2.54. The van der Waals surface area contributed by atoms with Gasteiger partial charge in [0.1, 0.15) is 5.03 Å². The zero-order chi connectivity index (χ0) is 19.6. The summed E-state index contributed by atoms with van der Waals surface area (Å²) in [4.78, 5) is 23.5. The van der Waals surface area contributed by atoms with Crippen molar-refractivity contribution >= 4 is 33.5 Å². The fourth-order valence-corrected chi connectivity index (χ4v) is 4.69. The van der Waals surface area contributed by atoms with E-state index in [0.29, 0.717) is 10.9 Å². The number of ether oxygens (including phenoxy) is 1. The first-order chi connectivity index (χ1) is 12.1. The smallest absolute Gasteiger partial charge is 0.418 e. The third-order valence-corrected chi connectivity index (χ3v) is 6.48. The Morgan fingerprint density at radius 2 is 2.08 bits per heavy atom. The molecule has 1 atom stereocenters. The van der Waals surface area contributed by atoms with Crippen molar-refractivity contribution in [1.29, 1.82) is 0 Å². The summed E-state index contributed by atoms with van der Waals surface area (Å²) in [6.07, 6.45) is -3.11. The van der Waals surface area contributed by atoms with E-state index in [1.54, 1.807) is 6.92 Å². The molecule has 11 heteroatoms. The van der Waals surface area contributed by atoms with Gasteiger partial charge in [0.2, 0.25) is 0 Å². The third kappa shape index (κ3) is 4.12. The Morgan fingerprint density at radius 3 is 2.65 bits per heavy atom. The van der Waals surface area contributed by atoms with Crippen LogP contribution in [0.5, 0.6) is 0 Å². The normalized spacial score (nSPS) is 18.9. The molecule has 1 aromatic rings. The van der Waals surface area contributed by atoms with Gasteiger partial charge in [0.25, 0.3) is 5.56 Å². The van der Waals surface area contributed by atoms with Crippen LogP contribution in [0.25, 0.3) is 5.03 Å². The number of carbonyl (C=O) groups is 1. The van der Waals surface area contributed by atoms with E-state index in [1.165, 1.54) is 0 Å². The minimum Gasteiger partial charge on any atom is -0.465 e. The molecular weight excluding hydrogens is 400 g/mol. The molecule has 0 spiro atoms. The van der Waals surface area contributed by atoms with Crippen LogP contribution in [0.15, 0.2) is 27.3 Å². The van der Waals surface area contributed by atoms with E-state index >= 15 is 0 Å². The summed E-state index contributed by atoms with van der Waals surface area (Å²) >= 11 is 6.01. The molecular formula is C15H15ClF4N2O3S. The molecule has 0 N–H and O–H groups in total. The highest BCUT2D eigenvalue weighted by atomic mass is 35.5. The number of thiol groups is 1. The standard InChI is InChI=1S/C15H15ClF4N2O3S/c1-3-12(23)25-4-5-26-11(16)6-10(17)14(26)22-13(24)8(2)9(7-21-22)15(18,19)20/h6-7,26H,3-5H2,1-2H3. The lowest BCUT2D eigenvalue weighted by Gasteiger charge is -2.21. The van der Waals surface area contributed by atoms with Gasteiger partial charge in [-0.2, -0.15) is 33.8 Å². The highest BCUT2D eigenvalue weighted by Gasteiger charge is 2.35. The second-order valence-corrected chi connectivity index (χ2v) is 8.14. The Labute approximate surface area is 153 Å². The van der Waals surface area contributed by atoms with Gasteiger partial charge in [0.15, 0.2) is 5.83 Å². The number of allylic oxidation sites excluding steroid dienone is 2. The molecule has 1 aliphatic rings. The molecule has 0 aliphatic carbocycles. The van der Waals surface area contributed by atoms with Crippen LogP contribution in [-0.2, 0) is 15.7 Å². The summed E-state index contributed by atoms with van der Waals surface area (Å²) in [5, 5.41) is 3.28. The number of esters is 1. The van der Waals surface area contributed by atoms with Crippen molar-refractivity contribution in [2.75, 3.05) is 12.4 Å². The quantitative estimate of drug-likeness (QED) is 0.453. The number of aromatic nitrogens is 2. The fourth-order valence-electron chi connectivity index (χ4n) is 2.23. The van der Waals surface area contributed by atoms with Crippen molar-refractivity contribution in [3.8, 4) is 0 Å². The SMILES string of the molecule is CCC(=O)OCC[SH]1C(Cl)=CC(F)=C1n1ncc(C(F)(F)F)c(C)c1=O. The highest BCUT2D eigenvalue weighted by molar-refractivity contribution is 8.29. The Balaban J connectivity index is 2.37. The Morgan fingerprint density at radius 1 is 1.42 bits per heavy atom. The van der Waals surface area contributed by atoms with Crippen molar-refractivity contribution < 1.29 is 27.1 Å². The predicted molar refractivity (Wildman–Crippen MR) is 91.6 cm³/mol. The molecule has 2 rings (SSSR count). The first-order valence-electron chi connectivity index (χ1n) is 7.44. The lowest BCUT2D eigenvalue weighted by Crippen LogP contribution is -2.28. The zero-order valence-electron chi connectivity index (χ0n) is 13.7. The number of rotatable bonds is 5. The molecule has 0 radical (unpaired) electrons. The molecule has 0 aromatic carbocycles. The Hall–Kier alpha value is -1.81. The molecule has 1 unspecified atom stereocenters. The lowest BCUT2D eigenvalue weighted by atomic mass is 10.2. The van der Waals surface area contributed by atoms with E-state index in [2.05, 4.69) is 5.10 Å². The van der Waals surface area contributed by atoms with E-state index in [9.17, 15) is 27.2 Å². The summed E-state index contributed by atoms with van der Waals surface area (Å²) in [5.41, 5.74) is -2.86. The summed E-state index contributed by atoms with van der Waals surface area (Å²) in [5.74, 6) is -1.18. The Kier molecular flexibility index (Phi) is 6.17. The number of halogens is 5. The number of hydrogen-bond acceptors (Lipinski definition) is 4. The molecule has 2 heterocycles. The van der Waals surface area contributed by atoms with E-state index in [-0.39, 0.29) is 28.2 Å². The maximum Gasteiger partial charge on any atom is 0.418 e. The molecule has 0 fully saturated rings. The van der Waals surface area contributed by atoms with Crippen molar-refractivity contribution in [3.05, 3.63) is 43.9 Å². The van der Waals surface area contributed by atoms with Gasteiger partial charge in [0, 0.05) is 23.8 Å². The van der Waals surface area contributed by atoms with Gasteiger partial charge >= 0.3 is 12.1 Å². The van der Waals surface area contributed by atoms with Crippen LogP contribution >= 0.6 is 22.5 Å². The fraction of sp³-hybridized carbons (Fsp3) is 0.400. The molecule has 0 amide bonds. The van der Waals surface area contributed by atoms with Gasteiger partial charge in [-0.1, -0.05) is 18.5 Å².